The highest BCUT2D eigenvalue weighted by molar-refractivity contribution is 4.84. The molecule has 1 saturated heterocycles. The standard InChI is InChI=1S/C11H22O10/c12-1-4(13)7(16)8(17)5(14)2-20-11-10(19)9(18)6(15)3-21-11/h4-19H,1-3H2/t4-,5-,6-,7-,8-,9-,10+,11-/m1/s1. The lowest BCUT2D eigenvalue weighted by Crippen LogP contribution is -2.55. The van der Waals surface area contributed by atoms with Crippen LogP contribution in [-0.4, -0.2) is 110 Å². The zero-order valence-electron chi connectivity index (χ0n) is 11.1. The van der Waals surface area contributed by atoms with Gasteiger partial charge < -0.3 is 50.3 Å². The lowest BCUT2D eigenvalue weighted by molar-refractivity contribution is -0.278. The zero-order chi connectivity index (χ0) is 16.2. The maximum Gasteiger partial charge on any atom is 0.186 e. The van der Waals surface area contributed by atoms with Gasteiger partial charge in [0.15, 0.2) is 6.29 Å². The van der Waals surface area contributed by atoms with Crippen molar-refractivity contribution in [3.05, 3.63) is 0 Å². The summed E-state index contributed by atoms with van der Waals surface area (Å²) in [6.07, 6.45) is -12.5. The van der Waals surface area contributed by atoms with E-state index in [9.17, 15) is 30.6 Å². The van der Waals surface area contributed by atoms with E-state index in [0.29, 0.717) is 0 Å². The number of aliphatic hydroxyl groups is 8. The molecule has 21 heavy (non-hydrogen) atoms. The molecule has 0 aromatic heterocycles. The average molecular weight is 314 g/mol. The minimum Gasteiger partial charge on any atom is -0.394 e. The molecule has 10 nitrogen and oxygen atoms in total. The minimum atomic E-state index is -1.80. The monoisotopic (exact) mass is 314 g/mol. The van der Waals surface area contributed by atoms with Gasteiger partial charge in [-0.2, -0.15) is 0 Å². The van der Waals surface area contributed by atoms with E-state index >= 15 is 0 Å². The Kier molecular flexibility index (Phi) is 7.36. The van der Waals surface area contributed by atoms with Gasteiger partial charge in [-0.3, -0.25) is 0 Å². The SMILES string of the molecule is OC[C@@H](O)[C@@H](O)[C@H](O)[C@H](O)CO[C@@H]1OC[C@@H](O)[C@@H](O)[C@@H]1O. The van der Waals surface area contributed by atoms with Crippen LogP contribution in [0.3, 0.4) is 0 Å². The molecule has 0 saturated carbocycles. The van der Waals surface area contributed by atoms with Gasteiger partial charge in [-0.25, -0.2) is 0 Å². The largest absolute Gasteiger partial charge is 0.394 e. The molecule has 0 radical (unpaired) electrons. The summed E-state index contributed by atoms with van der Waals surface area (Å²) in [4.78, 5) is 0. The zero-order valence-corrected chi connectivity index (χ0v) is 11.1. The smallest absolute Gasteiger partial charge is 0.186 e. The molecular weight excluding hydrogens is 292 g/mol. The quantitative estimate of drug-likeness (QED) is 0.226. The third-order valence-corrected chi connectivity index (χ3v) is 3.21. The van der Waals surface area contributed by atoms with Gasteiger partial charge in [0.2, 0.25) is 0 Å². The van der Waals surface area contributed by atoms with E-state index in [1.54, 1.807) is 0 Å². The Morgan fingerprint density at radius 2 is 1.52 bits per heavy atom. The molecule has 0 bridgehead atoms. The fourth-order valence-electron chi connectivity index (χ4n) is 1.78. The van der Waals surface area contributed by atoms with E-state index in [1.165, 1.54) is 0 Å². The molecule has 1 aliphatic heterocycles. The van der Waals surface area contributed by atoms with E-state index in [-0.39, 0.29) is 6.61 Å². The van der Waals surface area contributed by atoms with Gasteiger partial charge in [0.1, 0.15) is 42.7 Å². The molecule has 126 valence electrons. The van der Waals surface area contributed by atoms with Crippen molar-refractivity contribution in [3.8, 4) is 0 Å². The van der Waals surface area contributed by atoms with Crippen molar-refractivity contribution < 1.29 is 50.3 Å². The highest BCUT2D eigenvalue weighted by atomic mass is 16.7. The second-order valence-electron chi connectivity index (χ2n) is 4.88. The number of rotatable bonds is 7. The van der Waals surface area contributed by atoms with Crippen molar-refractivity contribution in [2.24, 2.45) is 0 Å². The van der Waals surface area contributed by atoms with Crippen LogP contribution < -0.4 is 0 Å². The summed E-state index contributed by atoms with van der Waals surface area (Å²) in [6.45, 7) is -1.67. The van der Waals surface area contributed by atoms with Crippen molar-refractivity contribution in [2.45, 2.75) is 49.0 Å². The predicted octanol–water partition coefficient (Wildman–Crippen LogP) is -5.12. The van der Waals surface area contributed by atoms with Crippen molar-refractivity contribution >= 4 is 0 Å². The van der Waals surface area contributed by atoms with Crippen LogP contribution in [0.15, 0.2) is 0 Å². The summed E-state index contributed by atoms with van der Waals surface area (Å²) in [7, 11) is 0. The van der Waals surface area contributed by atoms with Gasteiger partial charge in [-0.1, -0.05) is 0 Å². The Morgan fingerprint density at radius 3 is 2.10 bits per heavy atom. The maximum atomic E-state index is 9.59. The van der Waals surface area contributed by atoms with Crippen LogP contribution in [0.25, 0.3) is 0 Å². The lowest BCUT2D eigenvalue weighted by atomic mass is 10.0. The van der Waals surface area contributed by atoms with Crippen LogP contribution in [0.2, 0.25) is 0 Å². The summed E-state index contributed by atoms with van der Waals surface area (Å²) in [5.41, 5.74) is 0. The molecule has 0 aromatic carbocycles. The van der Waals surface area contributed by atoms with Crippen LogP contribution in [0.5, 0.6) is 0 Å². The van der Waals surface area contributed by atoms with Crippen LogP contribution in [0.4, 0.5) is 0 Å². The summed E-state index contributed by atoms with van der Waals surface area (Å²) in [5.74, 6) is 0. The first-order chi connectivity index (χ1) is 9.79. The molecule has 8 atom stereocenters. The van der Waals surface area contributed by atoms with E-state index in [0.717, 1.165) is 0 Å². The van der Waals surface area contributed by atoms with E-state index < -0.39 is 62.2 Å². The van der Waals surface area contributed by atoms with Crippen molar-refractivity contribution in [1.82, 2.24) is 0 Å². The first-order valence-electron chi connectivity index (χ1n) is 6.40. The molecule has 1 heterocycles. The molecule has 1 rings (SSSR count). The molecule has 0 aliphatic carbocycles. The molecular formula is C11H22O10. The van der Waals surface area contributed by atoms with Crippen LogP contribution in [0.1, 0.15) is 0 Å². The number of aliphatic hydroxyl groups excluding tert-OH is 8. The molecule has 10 heteroatoms. The van der Waals surface area contributed by atoms with Crippen LogP contribution in [0, 0.1) is 0 Å². The second kappa shape index (κ2) is 8.29. The van der Waals surface area contributed by atoms with Gasteiger partial charge in [0.05, 0.1) is 19.8 Å². The van der Waals surface area contributed by atoms with Gasteiger partial charge in [-0.15, -0.1) is 0 Å². The molecule has 0 spiro atoms. The number of hydrogen-bond acceptors (Lipinski definition) is 10. The number of hydrogen-bond donors (Lipinski definition) is 8. The van der Waals surface area contributed by atoms with Gasteiger partial charge in [0, 0.05) is 0 Å². The van der Waals surface area contributed by atoms with Crippen molar-refractivity contribution in [3.63, 3.8) is 0 Å². The second-order valence-corrected chi connectivity index (χ2v) is 4.88. The Labute approximate surface area is 120 Å². The topological polar surface area (TPSA) is 180 Å². The normalized spacial score (nSPS) is 36.0. The van der Waals surface area contributed by atoms with Gasteiger partial charge in [0.25, 0.3) is 0 Å². The summed E-state index contributed by atoms with van der Waals surface area (Å²) in [6, 6.07) is 0. The summed E-state index contributed by atoms with van der Waals surface area (Å²) < 4.78 is 9.86. The maximum absolute atomic E-state index is 9.59. The molecule has 0 unspecified atom stereocenters. The fraction of sp³-hybridized carbons (Fsp3) is 1.00. The third kappa shape index (κ3) is 4.79. The van der Waals surface area contributed by atoms with E-state index in [2.05, 4.69) is 0 Å². The Hall–Kier alpha value is -0.400. The Morgan fingerprint density at radius 1 is 0.952 bits per heavy atom. The highest BCUT2D eigenvalue weighted by Gasteiger charge is 2.39. The molecule has 1 fully saturated rings. The van der Waals surface area contributed by atoms with Crippen molar-refractivity contribution in [2.75, 3.05) is 19.8 Å². The minimum absolute atomic E-state index is 0.284. The van der Waals surface area contributed by atoms with Gasteiger partial charge >= 0.3 is 0 Å². The molecule has 0 aromatic rings. The molecule has 8 N–H and O–H groups in total. The predicted molar refractivity (Wildman–Crippen MR) is 64.8 cm³/mol. The Bertz CT molecular complexity index is 303. The summed E-state index contributed by atoms with van der Waals surface area (Å²) >= 11 is 0. The third-order valence-electron chi connectivity index (χ3n) is 3.21. The van der Waals surface area contributed by atoms with E-state index in [4.69, 9.17) is 19.7 Å². The molecule has 1 aliphatic rings. The fourth-order valence-corrected chi connectivity index (χ4v) is 1.78. The highest BCUT2D eigenvalue weighted by Crippen LogP contribution is 2.17. The van der Waals surface area contributed by atoms with Crippen LogP contribution in [-0.2, 0) is 9.47 Å². The van der Waals surface area contributed by atoms with E-state index in [1.807, 2.05) is 0 Å². The first kappa shape index (κ1) is 18.6. The Balaban J connectivity index is 2.43. The van der Waals surface area contributed by atoms with Crippen molar-refractivity contribution in [1.29, 1.82) is 0 Å². The average Bonchev–Trinajstić information content (AvgIpc) is 2.49. The van der Waals surface area contributed by atoms with Crippen LogP contribution >= 0.6 is 0 Å². The number of ether oxygens (including phenoxy) is 2. The first-order valence-corrected chi connectivity index (χ1v) is 6.40. The van der Waals surface area contributed by atoms with Gasteiger partial charge in [-0.05, 0) is 0 Å². The lowest BCUT2D eigenvalue weighted by Gasteiger charge is -2.35. The molecule has 0 amide bonds. The summed E-state index contributed by atoms with van der Waals surface area (Å²) in [5, 5.41) is 74.5.